The van der Waals surface area contributed by atoms with E-state index in [9.17, 15) is 0 Å². The van der Waals surface area contributed by atoms with Crippen molar-refractivity contribution in [1.82, 2.24) is 5.32 Å². The quantitative estimate of drug-likeness (QED) is 0.657. The predicted molar refractivity (Wildman–Crippen MR) is 110 cm³/mol. The molecule has 0 amide bonds. The molecule has 1 atom stereocenters. The van der Waals surface area contributed by atoms with E-state index < -0.39 is 5.66 Å². The van der Waals surface area contributed by atoms with E-state index in [1.54, 1.807) is 0 Å². The minimum atomic E-state index is -0.861. The molecule has 5 N–H and O–H groups in total. The Labute approximate surface area is 162 Å². The minimum Gasteiger partial charge on any atom is -0.454 e. The summed E-state index contributed by atoms with van der Waals surface area (Å²) < 4.78 is 10.8. The van der Waals surface area contributed by atoms with Gasteiger partial charge in [0, 0.05) is 12.0 Å². The molecule has 0 aromatic heterocycles. The predicted octanol–water partition coefficient (Wildman–Crippen LogP) is 2.73. The van der Waals surface area contributed by atoms with Gasteiger partial charge in [0.1, 0.15) is 5.66 Å². The molecule has 0 spiro atoms. The maximum Gasteiger partial charge on any atom is 0.231 e. The molecule has 2 heterocycles. The number of hydrogen-bond donors (Lipinski definition) is 3. The van der Waals surface area contributed by atoms with E-state index in [2.05, 4.69) is 34.6 Å². The number of ether oxygens (including phenoxy) is 2. The van der Waals surface area contributed by atoms with E-state index in [-0.39, 0.29) is 6.79 Å². The van der Waals surface area contributed by atoms with Gasteiger partial charge in [-0.2, -0.15) is 0 Å². The lowest BCUT2D eigenvalue weighted by Gasteiger charge is -2.32. The van der Waals surface area contributed by atoms with Crippen LogP contribution in [0.2, 0.25) is 0 Å². The summed E-state index contributed by atoms with van der Waals surface area (Å²) in [6.45, 7) is 0.246. The van der Waals surface area contributed by atoms with E-state index in [1.807, 2.05) is 42.5 Å². The van der Waals surface area contributed by atoms with Crippen LogP contribution in [0.5, 0.6) is 11.5 Å². The molecule has 3 aromatic rings. The summed E-state index contributed by atoms with van der Waals surface area (Å²) in [4.78, 5) is 4.47. The van der Waals surface area contributed by atoms with Crippen molar-refractivity contribution in [3.05, 3.63) is 77.9 Å². The molecule has 0 saturated carbocycles. The van der Waals surface area contributed by atoms with Crippen molar-refractivity contribution in [3.8, 4) is 11.5 Å². The van der Waals surface area contributed by atoms with Crippen LogP contribution >= 0.6 is 0 Å². The SMILES string of the molecule is NC1=NC(c2ccc3ccccc3c2)=CC(N)(Cc2ccc3c(c2)OCO3)N1. The number of fused-ring (bicyclic) bond motifs is 2. The van der Waals surface area contributed by atoms with Crippen LogP contribution in [0.3, 0.4) is 0 Å². The lowest BCUT2D eigenvalue weighted by atomic mass is 9.95. The van der Waals surface area contributed by atoms with Gasteiger partial charge in [0.25, 0.3) is 0 Å². The molecule has 6 heteroatoms. The summed E-state index contributed by atoms with van der Waals surface area (Å²) in [5.74, 6) is 1.78. The molecule has 1 unspecified atom stereocenters. The fourth-order valence-corrected chi connectivity index (χ4v) is 3.69. The number of guanidine groups is 1. The number of rotatable bonds is 3. The Morgan fingerprint density at radius 2 is 1.79 bits per heavy atom. The van der Waals surface area contributed by atoms with Gasteiger partial charge in [-0.25, -0.2) is 4.99 Å². The molecule has 2 aliphatic rings. The summed E-state index contributed by atoms with van der Waals surface area (Å²) >= 11 is 0. The van der Waals surface area contributed by atoms with Gasteiger partial charge in [0.05, 0.1) is 5.70 Å². The van der Waals surface area contributed by atoms with Crippen molar-refractivity contribution < 1.29 is 9.47 Å². The van der Waals surface area contributed by atoms with Crippen LogP contribution in [-0.4, -0.2) is 18.4 Å². The highest BCUT2D eigenvalue weighted by atomic mass is 16.7. The number of nitrogens with two attached hydrogens (primary N) is 2. The zero-order valence-corrected chi connectivity index (χ0v) is 15.2. The van der Waals surface area contributed by atoms with Gasteiger partial charge in [0.15, 0.2) is 17.5 Å². The number of nitrogens with zero attached hydrogens (tertiary/aromatic N) is 1. The zero-order valence-electron chi connectivity index (χ0n) is 15.2. The summed E-state index contributed by atoms with van der Waals surface area (Å²) in [7, 11) is 0. The van der Waals surface area contributed by atoms with Gasteiger partial charge in [-0.1, -0.05) is 42.5 Å². The highest BCUT2D eigenvalue weighted by molar-refractivity contribution is 5.91. The van der Waals surface area contributed by atoms with E-state index in [4.69, 9.17) is 20.9 Å². The zero-order chi connectivity index (χ0) is 19.1. The smallest absolute Gasteiger partial charge is 0.231 e. The minimum absolute atomic E-state index is 0.246. The first kappa shape index (κ1) is 16.6. The van der Waals surface area contributed by atoms with Crippen LogP contribution in [0.1, 0.15) is 11.1 Å². The number of hydrogen-bond acceptors (Lipinski definition) is 6. The molecular formula is C22H20N4O2. The Balaban J connectivity index is 1.49. The van der Waals surface area contributed by atoms with Crippen LogP contribution in [0.4, 0.5) is 0 Å². The lowest BCUT2D eigenvalue weighted by Crippen LogP contribution is -2.59. The van der Waals surface area contributed by atoms with Gasteiger partial charge in [0.2, 0.25) is 6.79 Å². The summed E-state index contributed by atoms with van der Waals surface area (Å²) in [5, 5.41) is 5.43. The number of nitrogens with one attached hydrogen (secondary N) is 1. The van der Waals surface area contributed by atoms with Gasteiger partial charge in [-0.05, 0) is 40.6 Å². The third-order valence-electron chi connectivity index (χ3n) is 4.97. The third kappa shape index (κ3) is 3.04. The highest BCUT2D eigenvalue weighted by Crippen LogP contribution is 2.34. The summed E-state index contributed by atoms with van der Waals surface area (Å²) in [5.41, 5.74) is 14.6. The van der Waals surface area contributed by atoms with Crippen molar-refractivity contribution in [3.63, 3.8) is 0 Å². The Hall–Kier alpha value is -3.51. The van der Waals surface area contributed by atoms with E-state index in [0.29, 0.717) is 12.4 Å². The van der Waals surface area contributed by atoms with Crippen molar-refractivity contribution >= 4 is 22.4 Å². The maximum absolute atomic E-state index is 6.65. The van der Waals surface area contributed by atoms with E-state index >= 15 is 0 Å². The first-order valence-corrected chi connectivity index (χ1v) is 9.10. The molecule has 5 rings (SSSR count). The van der Waals surface area contributed by atoms with Crippen LogP contribution < -0.4 is 26.3 Å². The second-order valence-corrected chi connectivity index (χ2v) is 7.12. The van der Waals surface area contributed by atoms with Crippen molar-refractivity contribution in [2.75, 3.05) is 6.79 Å². The van der Waals surface area contributed by atoms with Gasteiger partial charge < -0.3 is 26.3 Å². The summed E-state index contributed by atoms with van der Waals surface area (Å²) in [6.07, 6.45) is 2.45. The molecular weight excluding hydrogens is 352 g/mol. The normalized spacial score (nSPS) is 20.5. The van der Waals surface area contributed by atoms with Crippen molar-refractivity contribution in [1.29, 1.82) is 0 Å². The Bertz CT molecular complexity index is 1140. The molecule has 0 radical (unpaired) electrons. The van der Waals surface area contributed by atoms with Crippen LogP contribution in [0, 0.1) is 0 Å². The fourth-order valence-electron chi connectivity index (χ4n) is 3.69. The Morgan fingerprint density at radius 1 is 0.964 bits per heavy atom. The van der Waals surface area contributed by atoms with Crippen molar-refractivity contribution in [2.45, 2.75) is 12.1 Å². The first-order valence-electron chi connectivity index (χ1n) is 9.10. The van der Waals surface area contributed by atoms with E-state index in [1.165, 1.54) is 5.39 Å². The van der Waals surface area contributed by atoms with Crippen LogP contribution in [0.15, 0.2) is 71.7 Å². The molecule has 6 nitrogen and oxygen atoms in total. The first-order chi connectivity index (χ1) is 13.6. The number of aliphatic imine (C=N–C) groups is 1. The second-order valence-electron chi connectivity index (χ2n) is 7.12. The van der Waals surface area contributed by atoms with Crippen molar-refractivity contribution in [2.24, 2.45) is 16.5 Å². The Morgan fingerprint density at radius 3 is 2.68 bits per heavy atom. The Kier molecular flexibility index (Phi) is 3.74. The molecule has 28 heavy (non-hydrogen) atoms. The van der Waals surface area contributed by atoms with E-state index in [0.717, 1.165) is 33.7 Å². The highest BCUT2D eigenvalue weighted by Gasteiger charge is 2.29. The average molecular weight is 372 g/mol. The molecule has 0 fully saturated rings. The number of benzene rings is 3. The van der Waals surface area contributed by atoms with Gasteiger partial charge in [-0.3, -0.25) is 0 Å². The van der Waals surface area contributed by atoms with Crippen LogP contribution in [-0.2, 0) is 6.42 Å². The molecule has 2 aliphatic heterocycles. The van der Waals surface area contributed by atoms with Crippen LogP contribution in [0.25, 0.3) is 16.5 Å². The van der Waals surface area contributed by atoms with Gasteiger partial charge >= 0.3 is 0 Å². The molecule has 0 bridgehead atoms. The standard InChI is InChI=1S/C22H20N4O2/c23-21-25-18(17-7-6-15-3-1-2-4-16(15)10-17)12-22(24,26-21)11-14-5-8-19-20(9-14)28-13-27-19/h1-10,12H,11,13,24H2,(H3,23,25,26). The monoisotopic (exact) mass is 372 g/mol. The fraction of sp³-hybridized carbons (Fsp3) is 0.136. The topological polar surface area (TPSA) is 94.9 Å². The lowest BCUT2D eigenvalue weighted by molar-refractivity contribution is 0.174. The van der Waals surface area contributed by atoms with Gasteiger partial charge in [-0.15, -0.1) is 0 Å². The average Bonchev–Trinajstić information content (AvgIpc) is 3.14. The third-order valence-corrected chi connectivity index (χ3v) is 4.97. The maximum atomic E-state index is 6.65. The second kappa shape index (κ2) is 6.28. The molecule has 3 aromatic carbocycles. The summed E-state index contributed by atoms with van der Waals surface area (Å²) in [6, 6.07) is 20.3. The molecule has 0 aliphatic carbocycles. The molecule has 0 saturated heterocycles. The molecule has 140 valence electrons. The largest absolute Gasteiger partial charge is 0.454 e.